The summed E-state index contributed by atoms with van der Waals surface area (Å²) in [5, 5.41) is 8.71. The van der Waals surface area contributed by atoms with Gasteiger partial charge in [0.05, 0.1) is 0 Å². The molecule has 17 heavy (non-hydrogen) atoms. The van der Waals surface area contributed by atoms with E-state index in [4.69, 9.17) is 10.8 Å². The van der Waals surface area contributed by atoms with Crippen LogP contribution < -0.4 is 5.73 Å². The van der Waals surface area contributed by atoms with Crippen molar-refractivity contribution in [1.29, 1.82) is 0 Å². The number of nitrogen functional groups attached to an aromatic ring is 1. The maximum absolute atomic E-state index is 8.71. The third-order valence-electron chi connectivity index (χ3n) is 3.13. The van der Waals surface area contributed by atoms with Gasteiger partial charge in [-0.3, -0.25) is 0 Å². The highest BCUT2D eigenvalue weighted by Gasteiger charge is 2.04. The van der Waals surface area contributed by atoms with Crippen molar-refractivity contribution in [2.75, 3.05) is 25.9 Å². The molecule has 96 valence electrons. The van der Waals surface area contributed by atoms with Crippen LogP contribution in [-0.2, 0) is 6.54 Å². The second-order valence-electron chi connectivity index (χ2n) is 4.65. The predicted octanol–water partition coefficient (Wildman–Crippen LogP) is 2.17. The highest BCUT2D eigenvalue weighted by molar-refractivity contribution is 5.49. The van der Waals surface area contributed by atoms with Crippen LogP contribution in [0.1, 0.15) is 30.4 Å². The molecule has 0 aromatic heterocycles. The molecule has 3 nitrogen and oxygen atoms in total. The van der Waals surface area contributed by atoms with Crippen molar-refractivity contribution in [1.82, 2.24) is 4.90 Å². The molecule has 0 spiro atoms. The normalized spacial score (nSPS) is 11.1. The van der Waals surface area contributed by atoms with Crippen molar-refractivity contribution < 1.29 is 5.11 Å². The van der Waals surface area contributed by atoms with Crippen LogP contribution >= 0.6 is 0 Å². The lowest BCUT2D eigenvalue weighted by Crippen LogP contribution is -2.19. The number of anilines is 1. The molecule has 0 fully saturated rings. The highest BCUT2D eigenvalue weighted by atomic mass is 16.2. The zero-order chi connectivity index (χ0) is 12.7. The third-order valence-corrected chi connectivity index (χ3v) is 3.13. The molecule has 0 heterocycles. The summed E-state index contributed by atoms with van der Waals surface area (Å²) in [5.41, 5.74) is 9.25. The molecule has 0 aliphatic heterocycles. The fraction of sp³-hybridized carbons (Fsp3) is 0.571. The molecular formula is C14H24N2O. The van der Waals surface area contributed by atoms with Gasteiger partial charge in [-0.2, -0.15) is 0 Å². The van der Waals surface area contributed by atoms with Crippen molar-refractivity contribution in [3.63, 3.8) is 0 Å². The van der Waals surface area contributed by atoms with Crippen molar-refractivity contribution in [3.05, 3.63) is 29.3 Å². The fourth-order valence-corrected chi connectivity index (χ4v) is 1.91. The molecule has 1 aromatic carbocycles. The number of nitrogens with two attached hydrogens (primary N) is 1. The monoisotopic (exact) mass is 236 g/mol. The van der Waals surface area contributed by atoms with Crippen LogP contribution in [0.5, 0.6) is 0 Å². The largest absolute Gasteiger partial charge is 0.399 e. The van der Waals surface area contributed by atoms with Gasteiger partial charge in [0, 0.05) is 18.8 Å². The Labute approximate surface area is 104 Å². The van der Waals surface area contributed by atoms with Crippen LogP contribution in [0, 0.1) is 6.92 Å². The van der Waals surface area contributed by atoms with Crippen LogP contribution in [0.2, 0.25) is 0 Å². The van der Waals surface area contributed by atoms with E-state index < -0.39 is 0 Å². The van der Waals surface area contributed by atoms with Crippen molar-refractivity contribution in [3.8, 4) is 0 Å². The van der Waals surface area contributed by atoms with E-state index in [1.165, 1.54) is 11.1 Å². The molecule has 0 unspecified atom stereocenters. The van der Waals surface area contributed by atoms with E-state index in [2.05, 4.69) is 24.9 Å². The third kappa shape index (κ3) is 4.75. The number of aliphatic hydroxyl groups is 1. The Balaban J connectivity index is 2.39. The second kappa shape index (κ2) is 7.30. The lowest BCUT2D eigenvalue weighted by atomic mass is 10.1. The van der Waals surface area contributed by atoms with Gasteiger partial charge in [0.1, 0.15) is 0 Å². The Morgan fingerprint density at radius 1 is 1.24 bits per heavy atom. The molecule has 0 aliphatic carbocycles. The molecule has 0 atom stereocenters. The van der Waals surface area contributed by atoms with Gasteiger partial charge in [-0.25, -0.2) is 0 Å². The summed E-state index contributed by atoms with van der Waals surface area (Å²) in [6, 6.07) is 6.09. The number of hydrogen-bond donors (Lipinski definition) is 2. The molecule has 0 saturated carbocycles. The van der Waals surface area contributed by atoms with Gasteiger partial charge >= 0.3 is 0 Å². The first kappa shape index (κ1) is 14.0. The highest BCUT2D eigenvalue weighted by Crippen LogP contribution is 2.17. The van der Waals surface area contributed by atoms with Crippen LogP contribution in [0.15, 0.2) is 18.2 Å². The molecule has 0 amide bonds. The van der Waals surface area contributed by atoms with Gasteiger partial charge < -0.3 is 15.7 Å². The van der Waals surface area contributed by atoms with E-state index in [0.29, 0.717) is 6.61 Å². The molecule has 0 aliphatic rings. The van der Waals surface area contributed by atoms with E-state index in [-0.39, 0.29) is 0 Å². The average molecular weight is 236 g/mol. The summed E-state index contributed by atoms with van der Waals surface area (Å²) in [5.74, 6) is 0. The summed E-state index contributed by atoms with van der Waals surface area (Å²) in [6.07, 6.45) is 3.14. The average Bonchev–Trinajstić information content (AvgIpc) is 2.31. The van der Waals surface area contributed by atoms with Gasteiger partial charge in [-0.1, -0.05) is 12.1 Å². The van der Waals surface area contributed by atoms with Gasteiger partial charge in [0.25, 0.3) is 0 Å². The summed E-state index contributed by atoms with van der Waals surface area (Å²) < 4.78 is 0. The Morgan fingerprint density at radius 3 is 2.71 bits per heavy atom. The van der Waals surface area contributed by atoms with E-state index in [1.807, 2.05) is 12.1 Å². The minimum Gasteiger partial charge on any atom is -0.399 e. The van der Waals surface area contributed by atoms with Gasteiger partial charge in [-0.05, 0) is 57.0 Å². The molecule has 0 bridgehead atoms. The quantitative estimate of drug-likeness (QED) is 0.563. The molecule has 0 radical (unpaired) electrons. The lowest BCUT2D eigenvalue weighted by Gasteiger charge is -2.18. The van der Waals surface area contributed by atoms with Crippen molar-refractivity contribution in [2.24, 2.45) is 0 Å². The number of benzene rings is 1. The van der Waals surface area contributed by atoms with E-state index in [1.54, 1.807) is 0 Å². The lowest BCUT2D eigenvalue weighted by molar-refractivity contribution is 0.271. The number of hydrogen-bond acceptors (Lipinski definition) is 3. The van der Waals surface area contributed by atoms with Gasteiger partial charge in [0.15, 0.2) is 0 Å². The standard InChI is InChI=1S/C14H24N2O/c1-12-13(7-6-8-14(12)15)11-16(2)9-4-3-5-10-17/h6-8,17H,3-5,9-11,15H2,1-2H3. The first-order valence-corrected chi connectivity index (χ1v) is 6.28. The van der Waals surface area contributed by atoms with E-state index in [0.717, 1.165) is 38.0 Å². The molecular weight excluding hydrogens is 212 g/mol. The summed E-state index contributed by atoms with van der Waals surface area (Å²) in [6.45, 7) is 4.38. The summed E-state index contributed by atoms with van der Waals surface area (Å²) >= 11 is 0. The first-order valence-electron chi connectivity index (χ1n) is 6.28. The molecule has 1 rings (SSSR count). The molecule has 3 N–H and O–H groups in total. The predicted molar refractivity (Wildman–Crippen MR) is 72.9 cm³/mol. The van der Waals surface area contributed by atoms with Gasteiger partial charge in [-0.15, -0.1) is 0 Å². The van der Waals surface area contributed by atoms with Gasteiger partial charge in [0.2, 0.25) is 0 Å². The van der Waals surface area contributed by atoms with Crippen molar-refractivity contribution in [2.45, 2.75) is 32.7 Å². The zero-order valence-electron chi connectivity index (χ0n) is 10.9. The topological polar surface area (TPSA) is 49.5 Å². The number of nitrogens with zero attached hydrogens (tertiary/aromatic N) is 1. The Hall–Kier alpha value is -1.06. The minimum absolute atomic E-state index is 0.304. The maximum atomic E-state index is 8.71. The Kier molecular flexibility index (Phi) is 6.01. The number of unbranched alkanes of at least 4 members (excludes halogenated alkanes) is 2. The van der Waals surface area contributed by atoms with Crippen LogP contribution in [-0.4, -0.2) is 30.2 Å². The maximum Gasteiger partial charge on any atom is 0.0431 e. The van der Waals surface area contributed by atoms with Crippen LogP contribution in [0.4, 0.5) is 5.69 Å². The molecule has 1 aromatic rings. The summed E-state index contributed by atoms with van der Waals surface area (Å²) in [7, 11) is 2.13. The number of aliphatic hydroxyl groups excluding tert-OH is 1. The van der Waals surface area contributed by atoms with Crippen LogP contribution in [0.25, 0.3) is 0 Å². The SMILES string of the molecule is Cc1c(N)cccc1CN(C)CCCCCO. The second-order valence-corrected chi connectivity index (χ2v) is 4.65. The van der Waals surface area contributed by atoms with Crippen LogP contribution in [0.3, 0.4) is 0 Å². The zero-order valence-corrected chi connectivity index (χ0v) is 10.9. The molecule has 3 heteroatoms. The fourth-order valence-electron chi connectivity index (χ4n) is 1.91. The summed E-state index contributed by atoms with van der Waals surface area (Å²) in [4.78, 5) is 2.30. The smallest absolute Gasteiger partial charge is 0.0431 e. The van der Waals surface area contributed by atoms with E-state index >= 15 is 0 Å². The first-order chi connectivity index (χ1) is 8.15. The minimum atomic E-state index is 0.304. The Morgan fingerprint density at radius 2 is 2.00 bits per heavy atom. The Bertz CT molecular complexity index is 339. The van der Waals surface area contributed by atoms with Crippen molar-refractivity contribution >= 4 is 5.69 Å². The number of rotatable bonds is 7. The molecule has 0 saturated heterocycles. The van der Waals surface area contributed by atoms with E-state index in [9.17, 15) is 0 Å².